The minimum absolute atomic E-state index is 0.00364. The predicted molar refractivity (Wildman–Crippen MR) is 135 cm³/mol. The van der Waals surface area contributed by atoms with E-state index in [0.29, 0.717) is 23.8 Å². The van der Waals surface area contributed by atoms with Crippen molar-refractivity contribution in [1.29, 1.82) is 0 Å². The maximum Gasteiger partial charge on any atom is 0.352 e. The Kier molecular flexibility index (Phi) is 6.74. The van der Waals surface area contributed by atoms with E-state index >= 15 is 0 Å². The van der Waals surface area contributed by atoms with Gasteiger partial charge in [-0.1, -0.05) is 23.4 Å². The molecule has 2 amide bonds. The largest absolute Gasteiger partial charge is 0.477 e. The molecule has 2 aliphatic heterocycles. The number of oxime groups is 1. The van der Waals surface area contributed by atoms with Crippen LogP contribution in [0.3, 0.4) is 0 Å². The summed E-state index contributed by atoms with van der Waals surface area (Å²) in [4.78, 5) is 49.7. The molecule has 4 N–H and O–H groups in total. The number of nitrogens with two attached hydrogens (primary N) is 1. The van der Waals surface area contributed by atoms with E-state index in [1.807, 2.05) is 0 Å². The van der Waals surface area contributed by atoms with E-state index in [-0.39, 0.29) is 22.2 Å². The van der Waals surface area contributed by atoms with Crippen LogP contribution in [0.2, 0.25) is 0 Å². The first-order valence-corrected chi connectivity index (χ1v) is 14.1. The van der Waals surface area contributed by atoms with Crippen LogP contribution in [0.4, 0.5) is 5.13 Å². The lowest BCUT2D eigenvalue weighted by molar-refractivity contribution is -0.692. The van der Waals surface area contributed by atoms with Crippen LogP contribution >= 0.6 is 34.4 Å². The third-order valence-corrected chi connectivity index (χ3v) is 9.52. The topological polar surface area (TPSA) is 151 Å². The van der Waals surface area contributed by atoms with Gasteiger partial charge in [0.05, 0.1) is 4.88 Å². The van der Waals surface area contributed by atoms with Crippen molar-refractivity contribution in [2.24, 2.45) is 11.1 Å². The summed E-state index contributed by atoms with van der Waals surface area (Å²) >= 11 is 4.29. The normalized spacial score (nSPS) is 23.6. The number of rotatable bonds is 7. The molecule has 4 heterocycles. The Labute approximate surface area is 219 Å². The molecule has 11 nitrogen and oxygen atoms in total. The molecule has 3 atom stereocenters. The smallest absolute Gasteiger partial charge is 0.352 e. The van der Waals surface area contributed by atoms with Gasteiger partial charge >= 0.3 is 5.97 Å². The number of aliphatic carboxylic acids is 1. The van der Waals surface area contributed by atoms with Crippen molar-refractivity contribution < 1.29 is 28.9 Å². The van der Waals surface area contributed by atoms with Gasteiger partial charge in [-0.15, -0.1) is 23.1 Å². The number of fused-ring (bicyclic) bond motifs is 2. The Bertz CT molecular complexity index is 1300. The second kappa shape index (κ2) is 9.82. The molecule has 0 radical (unpaired) electrons. The van der Waals surface area contributed by atoms with Gasteiger partial charge in [-0.3, -0.25) is 14.5 Å². The number of amides is 2. The number of carboxylic acid groups (broad SMARTS) is 1. The van der Waals surface area contributed by atoms with Crippen LogP contribution in [0.5, 0.6) is 0 Å². The number of nitrogens with zero attached hydrogens (tertiary/aromatic N) is 4. The highest BCUT2D eigenvalue weighted by Gasteiger charge is 2.55. The monoisotopic (exact) mass is 549 g/mol. The van der Waals surface area contributed by atoms with Crippen LogP contribution in [0, 0.1) is 5.92 Å². The van der Waals surface area contributed by atoms with E-state index in [9.17, 15) is 19.5 Å². The Balaban J connectivity index is 1.34. The number of anilines is 1. The first kappa shape index (κ1) is 24.7. The summed E-state index contributed by atoms with van der Waals surface area (Å²) < 4.78 is 2.13. The molecule has 2 aromatic rings. The number of aromatic nitrogens is 2. The Morgan fingerprint density at radius 1 is 1.42 bits per heavy atom. The minimum Gasteiger partial charge on any atom is -0.477 e. The fourth-order valence-electron chi connectivity index (χ4n) is 4.71. The summed E-state index contributed by atoms with van der Waals surface area (Å²) in [6.45, 7) is 2.68. The van der Waals surface area contributed by atoms with Gasteiger partial charge < -0.3 is 21.0 Å². The molecule has 1 unspecified atom stereocenters. The molecule has 0 aromatic carbocycles. The molecule has 190 valence electrons. The summed E-state index contributed by atoms with van der Waals surface area (Å²) in [5.41, 5.74) is 9.78. The zero-order valence-electron chi connectivity index (χ0n) is 19.6. The average Bonchev–Trinajstić information content (AvgIpc) is 3.45. The van der Waals surface area contributed by atoms with Crippen LogP contribution in [0.15, 0.2) is 27.3 Å². The van der Waals surface area contributed by atoms with Crippen molar-refractivity contribution in [3.8, 4) is 0 Å². The van der Waals surface area contributed by atoms with Crippen molar-refractivity contribution >= 4 is 63.1 Å². The van der Waals surface area contributed by atoms with Gasteiger partial charge in [-0.25, -0.2) is 9.78 Å². The van der Waals surface area contributed by atoms with E-state index < -0.39 is 29.2 Å². The average molecular weight is 550 g/mol. The van der Waals surface area contributed by atoms with Crippen LogP contribution in [0.25, 0.3) is 0 Å². The molecule has 2 aromatic heterocycles. The Hall–Kier alpha value is -2.97. The maximum atomic E-state index is 13.1. The van der Waals surface area contributed by atoms with E-state index in [0.717, 1.165) is 30.6 Å². The molecular formula is C22H25N6O5S3+. The fraction of sp³-hybridized carbons (Fsp3) is 0.455. The third-order valence-electron chi connectivity index (χ3n) is 6.46. The number of carbonyl (C=O) groups is 3. The zero-order chi connectivity index (χ0) is 25.6. The number of carbonyl (C=O) groups excluding carboxylic acids is 2. The second-order valence-electron chi connectivity index (χ2n) is 8.88. The summed E-state index contributed by atoms with van der Waals surface area (Å²) in [5.74, 6) is -1.18. The van der Waals surface area contributed by atoms with E-state index in [2.05, 4.69) is 32.5 Å². The molecule has 1 aliphatic carbocycles. The fourth-order valence-corrected chi connectivity index (χ4v) is 7.79. The van der Waals surface area contributed by atoms with E-state index in [4.69, 9.17) is 10.6 Å². The van der Waals surface area contributed by atoms with Crippen molar-refractivity contribution in [1.82, 2.24) is 15.2 Å². The quantitative estimate of drug-likeness (QED) is 0.200. The van der Waals surface area contributed by atoms with Gasteiger partial charge in [0.1, 0.15) is 29.9 Å². The van der Waals surface area contributed by atoms with Gasteiger partial charge in [-0.05, 0) is 18.8 Å². The number of thioether (sulfide) groups is 1. The first-order chi connectivity index (χ1) is 17.3. The van der Waals surface area contributed by atoms with E-state index in [1.54, 1.807) is 16.7 Å². The first-order valence-electron chi connectivity index (χ1n) is 11.3. The summed E-state index contributed by atoms with van der Waals surface area (Å²) in [6, 6.07) is -0.889. The van der Waals surface area contributed by atoms with Crippen LogP contribution in [-0.4, -0.2) is 62.8 Å². The number of nitrogen functional groups attached to an aromatic ring is 1. The molecular weight excluding hydrogens is 524 g/mol. The maximum absolute atomic E-state index is 13.1. The van der Waals surface area contributed by atoms with E-state index in [1.165, 1.54) is 34.3 Å². The molecule has 3 aliphatic rings. The highest BCUT2D eigenvalue weighted by molar-refractivity contribution is 8.00. The van der Waals surface area contributed by atoms with Gasteiger partial charge in [-0.2, -0.15) is 4.57 Å². The highest BCUT2D eigenvalue weighted by atomic mass is 32.2. The van der Waals surface area contributed by atoms with Crippen LogP contribution in [0.1, 0.15) is 29.6 Å². The number of hydrogen-bond donors (Lipinski definition) is 3. The van der Waals surface area contributed by atoms with Gasteiger partial charge in [0.2, 0.25) is 5.51 Å². The molecule has 0 saturated carbocycles. The number of hydrogen-bond acceptors (Lipinski definition) is 10. The summed E-state index contributed by atoms with van der Waals surface area (Å²) in [7, 11) is 1.30. The van der Waals surface area contributed by atoms with Crippen molar-refractivity contribution in [3.63, 3.8) is 0 Å². The molecule has 5 rings (SSSR count). The number of thiazole rings is 2. The van der Waals surface area contributed by atoms with Gasteiger partial charge in [0, 0.05) is 23.1 Å². The molecule has 0 spiro atoms. The number of β-lactam (4-membered cyclic amide) rings is 1. The van der Waals surface area contributed by atoms with Gasteiger partial charge in [0.15, 0.2) is 23.1 Å². The summed E-state index contributed by atoms with van der Waals surface area (Å²) in [5, 5.41) is 17.7. The van der Waals surface area contributed by atoms with Gasteiger partial charge in [0.25, 0.3) is 11.8 Å². The standard InChI is InChI=1S/C22H24N6O5S3/c1-10-3-4-13-14(5-10)36-9-27(13)6-11-7-34-20-16(19(30)28(20)17(11)21(31)32)25-18(29)15(26-33-2)12-8-35-22(23)24-12/h8-10,16,20H,3-7H2,1-2H3,(H3-,23,24,25,29,31,32)/p+1/t10?,16-,20+/m1/s1. The van der Waals surface area contributed by atoms with Crippen LogP contribution in [-0.2, 0) is 38.6 Å². The van der Waals surface area contributed by atoms with Crippen molar-refractivity contribution in [3.05, 3.63) is 38.4 Å². The molecule has 1 fully saturated rings. The van der Waals surface area contributed by atoms with Crippen LogP contribution < -0.4 is 15.6 Å². The lowest BCUT2D eigenvalue weighted by Gasteiger charge is -2.49. The lowest BCUT2D eigenvalue weighted by Crippen LogP contribution is -2.71. The van der Waals surface area contributed by atoms with Crippen molar-refractivity contribution in [2.75, 3.05) is 18.6 Å². The summed E-state index contributed by atoms with van der Waals surface area (Å²) in [6.07, 6.45) is 3.12. The molecule has 14 heteroatoms. The predicted octanol–water partition coefficient (Wildman–Crippen LogP) is 0.988. The SMILES string of the molecule is CON=C(C(=O)N[C@@H]1C(=O)N2C(C(=O)O)=C(C[n+]3csc4c3CCC(C)C4)CS[C@@H]12)c1csc(N)n1. The minimum atomic E-state index is -1.15. The lowest BCUT2D eigenvalue weighted by atomic mass is 9.92. The molecule has 0 bridgehead atoms. The third kappa shape index (κ3) is 4.37. The number of nitrogens with one attached hydrogen (secondary N) is 1. The second-order valence-corrected chi connectivity index (χ2v) is 11.8. The highest BCUT2D eigenvalue weighted by Crippen LogP contribution is 2.40. The molecule has 1 saturated heterocycles. The van der Waals surface area contributed by atoms with Crippen molar-refractivity contribution in [2.45, 2.75) is 44.1 Å². The Morgan fingerprint density at radius 2 is 2.22 bits per heavy atom. The zero-order valence-corrected chi connectivity index (χ0v) is 22.0. The molecule has 36 heavy (non-hydrogen) atoms. The number of carboxylic acids is 1. The Morgan fingerprint density at radius 3 is 2.92 bits per heavy atom.